The number of aromatic nitrogens is 1. The predicted octanol–water partition coefficient (Wildman–Crippen LogP) is 4.96. The lowest BCUT2D eigenvalue weighted by Crippen LogP contribution is -2.48. The summed E-state index contributed by atoms with van der Waals surface area (Å²) in [6.07, 6.45) is 10.2. The Bertz CT molecular complexity index is 975. The van der Waals surface area contributed by atoms with Crippen LogP contribution in [0.15, 0.2) is 53.0 Å². The Labute approximate surface area is 173 Å². The van der Waals surface area contributed by atoms with Crippen molar-refractivity contribution in [3.05, 3.63) is 70.2 Å². The van der Waals surface area contributed by atoms with Crippen LogP contribution < -0.4 is 0 Å². The summed E-state index contributed by atoms with van der Waals surface area (Å²) in [4.78, 5) is 11.7. The standard InChI is InChI=1S/C23H23F2N3S/c1-14-5-6-15(23-26-8-10-29-23)12-21(14)28-9-7-19-16(13-28)11-20(27-19)22-17(24)3-2-4-18(22)25/h2-6,8,10,12,14,16,19,21H,7,9,11,13H2,1H3. The number of halogens is 2. The molecule has 1 fully saturated rings. The molecule has 0 N–H and O–H groups in total. The van der Waals surface area contributed by atoms with E-state index in [0.29, 0.717) is 30.0 Å². The third kappa shape index (κ3) is 3.49. The van der Waals surface area contributed by atoms with E-state index < -0.39 is 11.6 Å². The van der Waals surface area contributed by atoms with Crippen LogP contribution in [0, 0.1) is 23.5 Å². The average molecular weight is 412 g/mol. The summed E-state index contributed by atoms with van der Waals surface area (Å²) >= 11 is 1.66. The van der Waals surface area contributed by atoms with Gasteiger partial charge in [0.1, 0.15) is 16.6 Å². The molecular weight excluding hydrogens is 388 g/mol. The van der Waals surface area contributed by atoms with Gasteiger partial charge in [0.2, 0.25) is 0 Å². The first-order chi connectivity index (χ1) is 14.1. The molecule has 0 amide bonds. The third-order valence-corrected chi connectivity index (χ3v) is 7.15. The van der Waals surface area contributed by atoms with Gasteiger partial charge in [-0.15, -0.1) is 11.3 Å². The van der Waals surface area contributed by atoms with Gasteiger partial charge in [0.25, 0.3) is 0 Å². The zero-order valence-corrected chi connectivity index (χ0v) is 17.1. The molecule has 2 aliphatic heterocycles. The Morgan fingerprint density at radius 3 is 2.79 bits per heavy atom. The van der Waals surface area contributed by atoms with Crippen molar-refractivity contribution < 1.29 is 8.78 Å². The van der Waals surface area contributed by atoms with Crippen LogP contribution in [0.1, 0.15) is 30.3 Å². The fourth-order valence-electron chi connectivity index (χ4n) is 4.84. The molecule has 3 heterocycles. The smallest absolute Gasteiger partial charge is 0.135 e. The fourth-order valence-corrected chi connectivity index (χ4v) is 5.48. The van der Waals surface area contributed by atoms with E-state index in [1.54, 1.807) is 11.3 Å². The third-order valence-electron chi connectivity index (χ3n) is 6.32. The summed E-state index contributed by atoms with van der Waals surface area (Å²) in [6.45, 7) is 4.09. The van der Waals surface area contributed by atoms with E-state index in [-0.39, 0.29) is 11.6 Å². The number of nitrogens with zero attached hydrogens (tertiary/aromatic N) is 3. The van der Waals surface area contributed by atoms with Crippen LogP contribution >= 0.6 is 11.3 Å². The van der Waals surface area contributed by atoms with E-state index in [2.05, 4.69) is 35.0 Å². The van der Waals surface area contributed by atoms with E-state index >= 15 is 0 Å². The maximum Gasteiger partial charge on any atom is 0.135 e. The zero-order valence-electron chi connectivity index (χ0n) is 16.3. The molecule has 4 unspecified atom stereocenters. The molecule has 1 aromatic heterocycles. The van der Waals surface area contributed by atoms with Crippen molar-refractivity contribution in [1.82, 2.24) is 9.88 Å². The normalized spacial score (nSPS) is 29.5. The van der Waals surface area contributed by atoms with Gasteiger partial charge in [0.05, 0.1) is 11.6 Å². The highest BCUT2D eigenvalue weighted by Crippen LogP contribution is 2.36. The van der Waals surface area contributed by atoms with Crippen molar-refractivity contribution in [2.45, 2.75) is 31.8 Å². The zero-order chi connectivity index (χ0) is 20.0. The molecule has 4 atom stereocenters. The Hall–Kier alpha value is -2.18. The van der Waals surface area contributed by atoms with Crippen LogP contribution in [0.25, 0.3) is 5.57 Å². The second-order valence-corrected chi connectivity index (χ2v) is 9.05. The van der Waals surface area contributed by atoms with Crippen LogP contribution in [0.2, 0.25) is 0 Å². The van der Waals surface area contributed by atoms with E-state index in [0.717, 1.165) is 24.5 Å². The Kier molecular flexibility index (Phi) is 4.92. The number of hydrogen-bond donors (Lipinski definition) is 0. The van der Waals surface area contributed by atoms with Gasteiger partial charge in [0.15, 0.2) is 0 Å². The first kappa shape index (κ1) is 18.8. The minimum absolute atomic E-state index is 0.0633. The number of benzene rings is 1. The quantitative estimate of drug-likeness (QED) is 0.714. The number of aliphatic imine (C=N–C) groups is 1. The van der Waals surface area contributed by atoms with Crippen molar-refractivity contribution in [2.75, 3.05) is 13.1 Å². The number of thiazole rings is 1. The molecule has 0 bridgehead atoms. The number of rotatable bonds is 3. The van der Waals surface area contributed by atoms with Crippen molar-refractivity contribution in [1.29, 1.82) is 0 Å². The van der Waals surface area contributed by atoms with Gasteiger partial charge in [0, 0.05) is 42.0 Å². The molecule has 1 saturated heterocycles. The summed E-state index contributed by atoms with van der Waals surface area (Å²) in [6, 6.07) is 4.51. The predicted molar refractivity (Wildman–Crippen MR) is 113 cm³/mol. The lowest BCUT2D eigenvalue weighted by atomic mass is 9.86. The summed E-state index contributed by atoms with van der Waals surface area (Å²) < 4.78 is 28.4. The van der Waals surface area contributed by atoms with Gasteiger partial charge in [-0.05, 0) is 36.8 Å². The number of hydrogen-bond acceptors (Lipinski definition) is 4. The summed E-state index contributed by atoms with van der Waals surface area (Å²) in [5.74, 6) is -0.295. The molecule has 0 saturated carbocycles. The second-order valence-electron chi connectivity index (χ2n) is 8.16. The minimum Gasteiger partial charge on any atom is -0.296 e. The van der Waals surface area contributed by atoms with Crippen molar-refractivity contribution in [3.8, 4) is 0 Å². The summed E-state index contributed by atoms with van der Waals surface area (Å²) in [5, 5.41) is 3.05. The van der Waals surface area contributed by atoms with Gasteiger partial charge < -0.3 is 0 Å². The molecule has 150 valence electrons. The number of piperidine rings is 1. The first-order valence-electron chi connectivity index (χ1n) is 10.1. The van der Waals surface area contributed by atoms with Crippen molar-refractivity contribution >= 4 is 22.6 Å². The highest BCUT2D eigenvalue weighted by molar-refractivity contribution is 7.10. The molecule has 1 aromatic carbocycles. The monoisotopic (exact) mass is 411 g/mol. The van der Waals surface area contributed by atoms with Crippen LogP contribution in [0.5, 0.6) is 0 Å². The van der Waals surface area contributed by atoms with E-state index in [1.165, 1.54) is 23.8 Å². The Morgan fingerprint density at radius 2 is 2.03 bits per heavy atom. The lowest BCUT2D eigenvalue weighted by molar-refractivity contribution is 0.121. The molecule has 3 nitrogen and oxygen atoms in total. The maximum atomic E-state index is 14.2. The Balaban J connectivity index is 1.34. The van der Waals surface area contributed by atoms with Gasteiger partial charge in [-0.3, -0.25) is 9.89 Å². The van der Waals surface area contributed by atoms with E-state index in [4.69, 9.17) is 4.99 Å². The SMILES string of the molecule is CC1C=CC(c2nccs2)=CC1N1CCC2N=C(c3c(F)cccc3F)CC2C1. The molecule has 29 heavy (non-hydrogen) atoms. The van der Waals surface area contributed by atoms with Gasteiger partial charge in [-0.25, -0.2) is 13.8 Å². The molecule has 0 radical (unpaired) electrons. The van der Waals surface area contributed by atoms with E-state index in [9.17, 15) is 8.78 Å². The lowest BCUT2D eigenvalue weighted by Gasteiger charge is -2.41. The number of fused-ring (bicyclic) bond motifs is 1. The van der Waals surface area contributed by atoms with Gasteiger partial charge >= 0.3 is 0 Å². The highest BCUT2D eigenvalue weighted by atomic mass is 32.1. The topological polar surface area (TPSA) is 28.5 Å². The molecule has 0 spiro atoms. The van der Waals surface area contributed by atoms with Crippen LogP contribution in [-0.4, -0.2) is 40.8 Å². The maximum absolute atomic E-state index is 14.2. The number of likely N-dealkylation sites (tertiary alicyclic amines) is 1. The average Bonchev–Trinajstić information content (AvgIpc) is 3.37. The Morgan fingerprint density at radius 1 is 1.21 bits per heavy atom. The van der Waals surface area contributed by atoms with Crippen LogP contribution in [-0.2, 0) is 0 Å². The van der Waals surface area contributed by atoms with Crippen LogP contribution in [0.4, 0.5) is 8.78 Å². The van der Waals surface area contributed by atoms with Crippen molar-refractivity contribution in [2.24, 2.45) is 16.8 Å². The highest BCUT2D eigenvalue weighted by Gasteiger charge is 2.39. The summed E-state index contributed by atoms with van der Waals surface area (Å²) in [7, 11) is 0. The van der Waals surface area contributed by atoms with Crippen molar-refractivity contribution in [3.63, 3.8) is 0 Å². The molecule has 2 aromatic rings. The number of allylic oxidation sites excluding steroid dienone is 2. The van der Waals surface area contributed by atoms with Gasteiger partial charge in [-0.2, -0.15) is 0 Å². The molecule has 6 heteroatoms. The largest absolute Gasteiger partial charge is 0.296 e. The first-order valence-corrected chi connectivity index (χ1v) is 11.0. The molecule has 5 rings (SSSR count). The molecule has 1 aliphatic carbocycles. The molecule has 3 aliphatic rings. The molecular formula is C23H23F2N3S. The summed E-state index contributed by atoms with van der Waals surface area (Å²) in [5.41, 5.74) is 1.84. The van der Waals surface area contributed by atoms with Crippen LogP contribution in [0.3, 0.4) is 0 Å². The van der Waals surface area contributed by atoms with E-state index in [1.807, 2.05) is 11.6 Å². The fraction of sp³-hybridized carbons (Fsp3) is 0.391. The second kappa shape index (κ2) is 7.58. The minimum atomic E-state index is -0.513. The van der Waals surface area contributed by atoms with Gasteiger partial charge in [-0.1, -0.05) is 31.2 Å².